The van der Waals surface area contributed by atoms with E-state index in [1.54, 1.807) is 13.0 Å². The Morgan fingerprint density at radius 3 is 3.07 bits per heavy atom. The van der Waals surface area contributed by atoms with E-state index in [1.807, 2.05) is 0 Å². The molecule has 0 aliphatic rings. The summed E-state index contributed by atoms with van der Waals surface area (Å²) >= 11 is 0. The first-order chi connectivity index (χ1) is 6.72. The van der Waals surface area contributed by atoms with E-state index in [0.29, 0.717) is 11.0 Å². The molecular formula is C9H6N4O. The fourth-order valence-corrected chi connectivity index (χ4v) is 1.29. The van der Waals surface area contributed by atoms with Gasteiger partial charge in [0.25, 0.3) is 17.0 Å². The van der Waals surface area contributed by atoms with Gasteiger partial charge in [0.15, 0.2) is 0 Å². The van der Waals surface area contributed by atoms with E-state index in [2.05, 4.69) is 19.8 Å². The average Bonchev–Trinajstić information content (AvgIpc) is 2.17. The second kappa shape index (κ2) is 2.92. The minimum absolute atomic E-state index is 0.225. The molecule has 2 heterocycles. The summed E-state index contributed by atoms with van der Waals surface area (Å²) in [6.45, 7) is 8.58. The van der Waals surface area contributed by atoms with Crippen LogP contribution in [0.15, 0.2) is 17.2 Å². The first-order valence-corrected chi connectivity index (χ1v) is 3.95. The van der Waals surface area contributed by atoms with Crippen molar-refractivity contribution >= 4 is 16.9 Å². The zero-order chi connectivity index (χ0) is 10.1. The monoisotopic (exact) mass is 186 g/mol. The van der Waals surface area contributed by atoms with E-state index < -0.39 is 0 Å². The van der Waals surface area contributed by atoms with Crippen LogP contribution >= 0.6 is 0 Å². The van der Waals surface area contributed by atoms with Crippen molar-refractivity contribution in [1.82, 2.24) is 15.0 Å². The summed E-state index contributed by atoms with van der Waals surface area (Å²) in [5.41, 5.74) is 0.812. The highest BCUT2D eigenvalue weighted by Crippen LogP contribution is 2.16. The summed E-state index contributed by atoms with van der Waals surface area (Å²) in [4.78, 5) is 24.9. The Bertz CT molecular complexity index is 594. The molecule has 0 radical (unpaired) electrons. The fraction of sp³-hybridized carbons (Fsp3) is 0.111. The van der Waals surface area contributed by atoms with E-state index in [9.17, 15) is 4.79 Å². The average molecular weight is 186 g/mol. The van der Waals surface area contributed by atoms with Crippen LogP contribution < -0.4 is 5.56 Å². The van der Waals surface area contributed by atoms with Crippen LogP contribution in [-0.2, 0) is 0 Å². The van der Waals surface area contributed by atoms with E-state index in [4.69, 9.17) is 6.57 Å². The van der Waals surface area contributed by atoms with Crippen molar-refractivity contribution in [2.75, 3.05) is 0 Å². The third-order valence-electron chi connectivity index (χ3n) is 1.91. The van der Waals surface area contributed by atoms with Gasteiger partial charge in [-0.1, -0.05) is 11.6 Å². The molecule has 0 aromatic carbocycles. The molecule has 1 N–H and O–H groups in total. The predicted octanol–water partition coefficient (Wildman–Crippen LogP) is 1.18. The molecule has 0 aliphatic carbocycles. The second-order valence-electron chi connectivity index (χ2n) is 2.84. The van der Waals surface area contributed by atoms with E-state index >= 15 is 0 Å². The molecule has 0 atom stereocenters. The van der Waals surface area contributed by atoms with Crippen molar-refractivity contribution in [2.24, 2.45) is 0 Å². The Kier molecular flexibility index (Phi) is 1.75. The molecule has 14 heavy (non-hydrogen) atoms. The van der Waals surface area contributed by atoms with E-state index in [-0.39, 0.29) is 11.4 Å². The molecule has 5 nitrogen and oxygen atoms in total. The van der Waals surface area contributed by atoms with Crippen LogP contribution in [0, 0.1) is 13.5 Å². The highest BCUT2D eigenvalue weighted by molar-refractivity contribution is 5.79. The van der Waals surface area contributed by atoms with Crippen LogP contribution in [0.1, 0.15) is 5.56 Å². The molecule has 0 unspecified atom stereocenters. The zero-order valence-corrected chi connectivity index (χ0v) is 7.40. The molecule has 0 aliphatic heterocycles. The Morgan fingerprint density at radius 1 is 1.57 bits per heavy atom. The molecule has 2 aromatic heterocycles. The lowest BCUT2D eigenvalue weighted by atomic mass is 10.2. The Morgan fingerprint density at radius 2 is 2.36 bits per heavy atom. The Balaban J connectivity index is 2.99. The van der Waals surface area contributed by atoms with Crippen molar-refractivity contribution in [3.8, 4) is 0 Å². The maximum absolute atomic E-state index is 11.4. The lowest BCUT2D eigenvalue weighted by Gasteiger charge is -1.96. The molecular weight excluding hydrogens is 180 g/mol. The van der Waals surface area contributed by atoms with Crippen LogP contribution in [0.25, 0.3) is 15.9 Å². The maximum atomic E-state index is 11.4. The SMILES string of the molecule is [C-]#[N+]c1cc(C)c2c(=O)[nH]cnc2n1. The molecule has 0 fully saturated rings. The summed E-state index contributed by atoms with van der Waals surface area (Å²) in [7, 11) is 0. The van der Waals surface area contributed by atoms with Crippen LogP contribution in [0.5, 0.6) is 0 Å². The molecule has 2 aromatic rings. The molecule has 0 bridgehead atoms. The molecule has 0 spiro atoms. The number of aryl methyl sites for hydroxylation is 1. The topological polar surface area (TPSA) is 63.0 Å². The van der Waals surface area contributed by atoms with Crippen LogP contribution in [0.3, 0.4) is 0 Å². The van der Waals surface area contributed by atoms with Crippen molar-refractivity contribution in [3.63, 3.8) is 0 Å². The van der Waals surface area contributed by atoms with Gasteiger partial charge in [-0.15, -0.1) is 0 Å². The lowest BCUT2D eigenvalue weighted by Crippen LogP contribution is -2.08. The van der Waals surface area contributed by atoms with Crippen LogP contribution in [0.4, 0.5) is 5.82 Å². The summed E-state index contributed by atoms with van der Waals surface area (Å²) in [5.74, 6) is 0.258. The first kappa shape index (κ1) is 8.38. The minimum Gasteiger partial charge on any atom is -0.361 e. The summed E-state index contributed by atoms with van der Waals surface area (Å²) in [6.07, 6.45) is 1.28. The number of fused-ring (bicyclic) bond motifs is 1. The van der Waals surface area contributed by atoms with Crippen molar-refractivity contribution < 1.29 is 0 Å². The molecule has 68 valence electrons. The maximum Gasteiger partial charge on any atom is 0.272 e. The molecule has 0 saturated carbocycles. The van der Waals surface area contributed by atoms with Crippen LogP contribution in [0.2, 0.25) is 0 Å². The molecule has 0 saturated heterocycles. The van der Waals surface area contributed by atoms with Gasteiger partial charge < -0.3 is 9.83 Å². The zero-order valence-electron chi connectivity index (χ0n) is 7.40. The van der Waals surface area contributed by atoms with Gasteiger partial charge in [-0.05, 0) is 18.6 Å². The quantitative estimate of drug-likeness (QED) is 0.628. The number of aromatic amines is 1. The Hall–Kier alpha value is -2.22. The van der Waals surface area contributed by atoms with E-state index in [1.165, 1.54) is 6.33 Å². The van der Waals surface area contributed by atoms with Gasteiger partial charge in [0.1, 0.15) is 5.39 Å². The van der Waals surface area contributed by atoms with Gasteiger partial charge in [-0.3, -0.25) is 4.79 Å². The number of nitrogens with zero attached hydrogens (tertiary/aromatic N) is 3. The van der Waals surface area contributed by atoms with E-state index in [0.717, 1.165) is 5.56 Å². The van der Waals surface area contributed by atoms with Crippen molar-refractivity contribution in [2.45, 2.75) is 6.92 Å². The van der Waals surface area contributed by atoms with Gasteiger partial charge in [-0.2, -0.15) is 4.98 Å². The van der Waals surface area contributed by atoms with Crippen molar-refractivity contribution in [3.05, 3.63) is 39.7 Å². The number of H-pyrrole nitrogens is 1. The number of aromatic nitrogens is 3. The third kappa shape index (κ3) is 1.13. The van der Waals surface area contributed by atoms with Gasteiger partial charge in [-0.25, -0.2) is 0 Å². The first-order valence-electron chi connectivity index (χ1n) is 3.95. The predicted molar refractivity (Wildman–Crippen MR) is 51.2 cm³/mol. The molecule has 2 rings (SSSR count). The fourth-order valence-electron chi connectivity index (χ4n) is 1.29. The number of pyridine rings is 1. The molecule has 5 heteroatoms. The summed E-state index contributed by atoms with van der Waals surface area (Å²) < 4.78 is 0. The lowest BCUT2D eigenvalue weighted by molar-refractivity contribution is 1.14. The highest BCUT2D eigenvalue weighted by Gasteiger charge is 2.08. The standard InChI is InChI=1S/C9H6N4O/c1-5-3-6(10-2)13-8-7(5)9(14)12-4-11-8/h3-4H,1H3,(H,11,12,13,14). The molecule has 0 amide bonds. The summed E-state index contributed by atoms with van der Waals surface area (Å²) in [6, 6.07) is 1.58. The normalized spacial score (nSPS) is 10.0. The second-order valence-corrected chi connectivity index (χ2v) is 2.84. The number of hydrogen-bond donors (Lipinski definition) is 1. The number of nitrogens with one attached hydrogen (secondary N) is 1. The summed E-state index contributed by atoms with van der Waals surface area (Å²) in [5, 5.41) is 0.444. The number of hydrogen-bond acceptors (Lipinski definition) is 3. The van der Waals surface area contributed by atoms with Crippen LogP contribution in [-0.4, -0.2) is 15.0 Å². The van der Waals surface area contributed by atoms with Gasteiger partial charge in [0.2, 0.25) is 0 Å². The van der Waals surface area contributed by atoms with Crippen molar-refractivity contribution in [1.29, 1.82) is 0 Å². The largest absolute Gasteiger partial charge is 0.361 e. The highest BCUT2D eigenvalue weighted by atomic mass is 16.1. The van der Waals surface area contributed by atoms with Gasteiger partial charge >= 0.3 is 0 Å². The Labute approximate surface area is 79.3 Å². The van der Waals surface area contributed by atoms with Gasteiger partial charge in [0, 0.05) is 0 Å². The smallest absolute Gasteiger partial charge is 0.272 e. The van der Waals surface area contributed by atoms with Gasteiger partial charge in [0.05, 0.1) is 6.33 Å². The minimum atomic E-state index is -0.225. The third-order valence-corrected chi connectivity index (χ3v) is 1.91. The number of rotatable bonds is 0.